The van der Waals surface area contributed by atoms with E-state index in [1.165, 1.54) is 0 Å². The lowest BCUT2D eigenvalue weighted by molar-refractivity contribution is -0.139. The predicted octanol–water partition coefficient (Wildman–Crippen LogP) is 0.627. The van der Waals surface area contributed by atoms with Crippen LogP contribution in [0.4, 0.5) is 0 Å². The van der Waals surface area contributed by atoms with E-state index in [2.05, 4.69) is 5.32 Å². The second-order valence-corrected chi connectivity index (χ2v) is 10.5. The first kappa shape index (κ1) is 17.6. The fourth-order valence-electron chi connectivity index (χ4n) is 2.67. The average Bonchev–Trinajstić information content (AvgIpc) is 2.93. The number of nitrogens with zero attached hydrogens (tertiary/aromatic N) is 1. The van der Waals surface area contributed by atoms with Crippen molar-refractivity contribution in [3.63, 3.8) is 0 Å². The van der Waals surface area contributed by atoms with Crippen LogP contribution >= 0.6 is 11.8 Å². The van der Waals surface area contributed by atoms with Crippen LogP contribution in [0.1, 0.15) is 33.6 Å². The number of carbonyl (C=O) groups excluding carboxylic acids is 2. The molecule has 2 atom stereocenters. The second-order valence-electron chi connectivity index (χ2n) is 7.23. The molecular weight excluding hydrogens is 324 g/mol. The van der Waals surface area contributed by atoms with Crippen molar-refractivity contribution in [2.75, 3.05) is 23.1 Å². The zero-order valence-corrected chi connectivity index (χ0v) is 14.9. The molecule has 0 spiro atoms. The van der Waals surface area contributed by atoms with Crippen molar-refractivity contribution in [2.24, 2.45) is 5.41 Å². The molecule has 6 nitrogen and oxygen atoms in total. The minimum atomic E-state index is -3.02. The van der Waals surface area contributed by atoms with Crippen LogP contribution in [-0.2, 0) is 19.4 Å². The van der Waals surface area contributed by atoms with Gasteiger partial charge in [0.1, 0.15) is 6.04 Å². The molecule has 2 rings (SSSR count). The van der Waals surface area contributed by atoms with Gasteiger partial charge in [0.15, 0.2) is 9.84 Å². The lowest BCUT2D eigenvalue weighted by Gasteiger charge is -2.27. The monoisotopic (exact) mass is 348 g/mol. The summed E-state index contributed by atoms with van der Waals surface area (Å²) in [6, 6.07) is -0.800. The minimum absolute atomic E-state index is 0.00847. The zero-order valence-electron chi connectivity index (χ0n) is 13.3. The highest BCUT2D eigenvalue weighted by Gasteiger charge is 2.38. The maximum absolute atomic E-state index is 12.4. The SMILES string of the molecule is CC(C)(C)CC(=O)N1CSC[C@H]1C(=O)N[C@H]1CCS(=O)(=O)C1. The molecule has 0 aromatic carbocycles. The van der Waals surface area contributed by atoms with Gasteiger partial charge in [-0.1, -0.05) is 20.8 Å². The molecular formula is C14H24N2O4S2. The van der Waals surface area contributed by atoms with Crippen molar-refractivity contribution in [3.05, 3.63) is 0 Å². The summed E-state index contributed by atoms with van der Waals surface area (Å²) in [7, 11) is -3.02. The standard InChI is InChI=1S/C14H24N2O4S2/c1-14(2,3)6-12(17)16-9-21-7-11(16)13(18)15-10-4-5-22(19,20)8-10/h10-11H,4-9H2,1-3H3,(H,15,18)/t10-,11-/m0/s1. The normalized spacial score (nSPS) is 27.9. The summed E-state index contributed by atoms with van der Waals surface area (Å²) in [5.74, 6) is 0.987. The van der Waals surface area contributed by atoms with E-state index >= 15 is 0 Å². The molecule has 1 N–H and O–H groups in total. The second kappa shape index (κ2) is 6.39. The van der Waals surface area contributed by atoms with Gasteiger partial charge in [0.2, 0.25) is 11.8 Å². The van der Waals surface area contributed by atoms with Gasteiger partial charge in [0.25, 0.3) is 0 Å². The third-order valence-corrected chi connectivity index (χ3v) is 6.55. The number of carbonyl (C=O) groups is 2. The van der Waals surface area contributed by atoms with E-state index in [0.717, 1.165) is 0 Å². The molecule has 2 fully saturated rings. The van der Waals surface area contributed by atoms with Crippen LogP contribution in [0.2, 0.25) is 0 Å². The van der Waals surface area contributed by atoms with E-state index < -0.39 is 15.9 Å². The van der Waals surface area contributed by atoms with Gasteiger partial charge in [-0.05, 0) is 11.8 Å². The number of nitrogens with one attached hydrogen (secondary N) is 1. The summed E-state index contributed by atoms with van der Waals surface area (Å²) in [4.78, 5) is 26.4. The van der Waals surface area contributed by atoms with Crippen LogP contribution < -0.4 is 5.32 Å². The van der Waals surface area contributed by atoms with Gasteiger partial charge in [-0.25, -0.2) is 8.42 Å². The third-order valence-electron chi connectivity index (χ3n) is 3.77. The van der Waals surface area contributed by atoms with Crippen LogP contribution in [-0.4, -0.2) is 60.4 Å². The van der Waals surface area contributed by atoms with E-state index in [1.807, 2.05) is 20.8 Å². The van der Waals surface area contributed by atoms with Crippen molar-refractivity contribution in [1.29, 1.82) is 0 Å². The topological polar surface area (TPSA) is 83.6 Å². The lowest BCUT2D eigenvalue weighted by atomic mass is 9.91. The quantitative estimate of drug-likeness (QED) is 0.809. The van der Waals surface area contributed by atoms with Crippen molar-refractivity contribution in [3.8, 4) is 0 Å². The Bertz CT molecular complexity index is 554. The Labute approximate surface area is 136 Å². The molecule has 0 aliphatic carbocycles. The summed E-state index contributed by atoms with van der Waals surface area (Å²) in [6.45, 7) is 5.98. The molecule has 0 aromatic heterocycles. The van der Waals surface area contributed by atoms with Crippen molar-refractivity contribution in [1.82, 2.24) is 10.2 Å². The molecule has 0 unspecified atom stereocenters. The molecule has 0 aromatic rings. The zero-order chi connectivity index (χ0) is 16.5. The molecule has 126 valence electrons. The number of amides is 2. The van der Waals surface area contributed by atoms with Gasteiger partial charge in [0, 0.05) is 18.2 Å². The highest BCUT2D eigenvalue weighted by atomic mass is 32.2. The Balaban J connectivity index is 1.95. The number of sulfone groups is 1. The summed E-state index contributed by atoms with van der Waals surface area (Å²) in [5.41, 5.74) is -0.120. The maximum atomic E-state index is 12.4. The third kappa shape index (κ3) is 4.62. The highest BCUT2D eigenvalue weighted by molar-refractivity contribution is 7.99. The van der Waals surface area contributed by atoms with Crippen molar-refractivity contribution < 1.29 is 18.0 Å². The Morgan fingerprint density at radius 2 is 2.00 bits per heavy atom. The van der Waals surface area contributed by atoms with Gasteiger partial charge < -0.3 is 10.2 Å². The molecule has 2 amide bonds. The van der Waals surface area contributed by atoms with Crippen LogP contribution in [0, 0.1) is 5.41 Å². The largest absolute Gasteiger partial charge is 0.350 e. The van der Waals surface area contributed by atoms with Gasteiger partial charge >= 0.3 is 0 Å². The van der Waals surface area contributed by atoms with Crippen molar-refractivity contribution in [2.45, 2.75) is 45.7 Å². The van der Waals surface area contributed by atoms with Crippen LogP contribution in [0.5, 0.6) is 0 Å². The Hall–Kier alpha value is -0.760. The molecule has 22 heavy (non-hydrogen) atoms. The van der Waals surface area contributed by atoms with Gasteiger partial charge in [0.05, 0.1) is 17.4 Å². The summed E-state index contributed by atoms with van der Waals surface area (Å²) in [5, 5.41) is 2.80. The van der Waals surface area contributed by atoms with Crippen LogP contribution in [0.15, 0.2) is 0 Å². The Kier molecular flexibility index (Phi) is 5.11. The number of rotatable bonds is 3. The van der Waals surface area contributed by atoms with Crippen LogP contribution in [0.25, 0.3) is 0 Å². The van der Waals surface area contributed by atoms with E-state index in [4.69, 9.17) is 0 Å². The summed E-state index contributed by atoms with van der Waals surface area (Å²) in [6.07, 6.45) is 0.860. The van der Waals surface area contributed by atoms with Gasteiger partial charge in [-0.3, -0.25) is 9.59 Å². The molecule has 8 heteroatoms. The maximum Gasteiger partial charge on any atom is 0.243 e. The highest BCUT2D eigenvalue weighted by Crippen LogP contribution is 2.26. The first-order chi connectivity index (χ1) is 10.1. The van der Waals surface area contributed by atoms with Crippen molar-refractivity contribution >= 4 is 33.4 Å². The Morgan fingerprint density at radius 3 is 2.55 bits per heavy atom. The fourth-order valence-corrected chi connectivity index (χ4v) is 5.52. The number of hydrogen-bond donors (Lipinski definition) is 1. The Morgan fingerprint density at radius 1 is 1.32 bits per heavy atom. The lowest BCUT2D eigenvalue weighted by Crippen LogP contribution is -2.50. The summed E-state index contributed by atoms with van der Waals surface area (Å²) < 4.78 is 22.9. The first-order valence-corrected chi connectivity index (χ1v) is 10.4. The smallest absolute Gasteiger partial charge is 0.243 e. The van der Waals surface area contributed by atoms with E-state index in [9.17, 15) is 18.0 Å². The number of hydrogen-bond acceptors (Lipinski definition) is 5. The van der Waals surface area contributed by atoms with Gasteiger partial charge in [-0.15, -0.1) is 11.8 Å². The number of thioether (sulfide) groups is 1. The molecule has 2 heterocycles. The molecule has 0 radical (unpaired) electrons. The fraction of sp³-hybridized carbons (Fsp3) is 0.857. The van der Waals surface area contributed by atoms with Gasteiger partial charge in [-0.2, -0.15) is 0 Å². The van der Waals surface area contributed by atoms with E-state index in [1.54, 1.807) is 16.7 Å². The molecule has 0 bridgehead atoms. The predicted molar refractivity (Wildman–Crippen MR) is 87.2 cm³/mol. The first-order valence-electron chi connectivity index (χ1n) is 7.45. The van der Waals surface area contributed by atoms with E-state index in [0.29, 0.717) is 24.5 Å². The molecule has 2 aliphatic heterocycles. The average molecular weight is 348 g/mol. The molecule has 2 saturated heterocycles. The molecule has 2 aliphatic rings. The summed E-state index contributed by atoms with van der Waals surface area (Å²) >= 11 is 1.56. The van der Waals surface area contributed by atoms with E-state index in [-0.39, 0.29) is 34.8 Å². The minimum Gasteiger partial charge on any atom is -0.350 e. The molecule has 0 saturated carbocycles. The van der Waals surface area contributed by atoms with Crippen LogP contribution in [0.3, 0.4) is 0 Å².